The molecule has 1 heterocycles. The number of nitrogens with one attached hydrogen (secondary N) is 1. The highest BCUT2D eigenvalue weighted by Gasteiger charge is 1.96. The quantitative estimate of drug-likeness (QED) is 0.568. The van der Waals surface area contributed by atoms with Gasteiger partial charge in [0.15, 0.2) is 5.95 Å². The topological polar surface area (TPSA) is 15.8 Å². The van der Waals surface area contributed by atoms with Gasteiger partial charge in [0.1, 0.15) is 0 Å². The van der Waals surface area contributed by atoms with Gasteiger partial charge in [-0.15, -0.1) is 0 Å². The molecule has 0 atom stereocenters. The van der Waals surface area contributed by atoms with E-state index < -0.39 is 5.95 Å². The molecule has 2 aromatic rings. The van der Waals surface area contributed by atoms with E-state index in [1.165, 1.54) is 0 Å². The lowest BCUT2D eigenvalue weighted by molar-refractivity contribution is 0.593. The summed E-state index contributed by atoms with van der Waals surface area (Å²) in [6, 6.07) is 9.87. The molecule has 1 nitrogen and oxygen atoms in total. The van der Waals surface area contributed by atoms with Gasteiger partial charge in [-0.1, -0.05) is 18.2 Å². The summed E-state index contributed by atoms with van der Waals surface area (Å²) in [4.78, 5) is 2.54. The van der Waals surface area contributed by atoms with Crippen molar-refractivity contribution >= 4 is 10.9 Å². The third-order valence-electron chi connectivity index (χ3n) is 1.42. The van der Waals surface area contributed by atoms with Crippen molar-refractivity contribution in [3.8, 4) is 0 Å². The van der Waals surface area contributed by atoms with Crippen molar-refractivity contribution in [1.29, 1.82) is 0 Å². The number of para-hydroxylation sites is 1. The fourth-order valence-corrected chi connectivity index (χ4v) is 0.969. The van der Waals surface area contributed by atoms with Crippen molar-refractivity contribution in [3.63, 3.8) is 0 Å². The summed E-state index contributed by atoms with van der Waals surface area (Å²) in [5.41, 5.74) is 0.792. The van der Waals surface area contributed by atoms with E-state index in [4.69, 9.17) is 0 Å². The molecule has 0 spiro atoms. The Morgan fingerprint density at radius 1 is 1.30 bits per heavy atom. The molecule has 1 radical (unpaired) electrons. The molecule has 0 unspecified atom stereocenters. The smallest absolute Gasteiger partial charge is 0.200 e. The van der Waals surface area contributed by atoms with E-state index in [1.807, 2.05) is 24.3 Å². The Kier molecular flexibility index (Phi) is 1.01. The first-order valence-corrected chi connectivity index (χ1v) is 3.02. The maximum absolute atomic E-state index is 12.4. The Balaban J connectivity index is 2.88. The minimum atomic E-state index is -0.402. The van der Waals surface area contributed by atoms with E-state index >= 15 is 0 Å². The first-order chi connectivity index (χ1) is 4.86. The van der Waals surface area contributed by atoms with Crippen molar-refractivity contribution in [2.75, 3.05) is 0 Å². The van der Waals surface area contributed by atoms with Crippen LogP contribution in [0, 0.1) is 12.0 Å². The first-order valence-electron chi connectivity index (χ1n) is 3.02. The van der Waals surface area contributed by atoms with Gasteiger partial charge in [-0.2, -0.15) is 4.39 Å². The van der Waals surface area contributed by atoms with Crippen LogP contribution < -0.4 is 0 Å². The molecule has 0 bridgehead atoms. The van der Waals surface area contributed by atoms with Crippen LogP contribution in [0.3, 0.4) is 0 Å². The van der Waals surface area contributed by atoms with Gasteiger partial charge in [0.2, 0.25) is 0 Å². The lowest BCUT2D eigenvalue weighted by atomic mass is 10.3. The molecule has 0 aliphatic rings. The number of halogens is 1. The normalized spacial score (nSPS) is 10.5. The maximum atomic E-state index is 12.4. The molecule has 2 rings (SSSR count). The first kappa shape index (κ1) is 5.47. The molecule has 1 N–H and O–H groups in total. The van der Waals surface area contributed by atoms with Gasteiger partial charge in [0.05, 0.1) is 0 Å². The van der Waals surface area contributed by atoms with Crippen LogP contribution in [-0.2, 0) is 0 Å². The highest BCUT2D eigenvalue weighted by atomic mass is 19.1. The highest BCUT2D eigenvalue weighted by Crippen LogP contribution is 2.11. The zero-order chi connectivity index (χ0) is 6.97. The molecule has 0 fully saturated rings. The van der Waals surface area contributed by atoms with E-state index in [9.17, 15) is 4.39 Å². The van der Waals surface area contributed by atoms with Gasteiger partial charge in [-0.05, 0) is 6.07 Å². The van der Waals surface area contributed by atoms with E-state index in [0.29, 0.717) is 0 Å². The predicted molar refractivity (Wildman–Crippen MR) is 37.1 cm³/mol. The van der Waals surface area contributed by atoms with E-state index in [1.54, 1.807) is 0 Å². The molecule has 1 aromatic heterocycles. The monoisotopic (exact) mass is 134 g/mol. The van der Waals surface area contributed by atoms with Gasteiger partial charge >= 0.3 is 0 Å². The highest BCUT2D eigenvalue weighted by molar-refractivity contribution is 5.78. The van der Waals surface area contributed by atoms with Crippen LogP contribution in [0.1, 0.15) is 0 Å². The van der Waals surface area contributed by atoms with E-state index in [0.717, 1.165) is 10.9 Å². The summed E-state index contributed by atoms with van der Waals surface area (Å²) >= 11 is 0. The molecular weight excluding hydrogens is 129 g/mol. The van der Waals surface area contributed by atoms with Crippen LogP contribution in [0.25, 0.3) is 10.9 Å². The third-order valence-corrected chi connectivity index (χ3v) is 1.42. The number of aromatic nitrogens is 1. The summed E-state index contributed by atoms with van der Waals surface area (Å²) in [7, 11) is 0. The zero-order valence-corrected chi connectivity index (χ0v) is 5.19. The van der Waals surface area contributed by atoms with Gasteiger partial charge in [-0.25, -0.2) is 0 Å². The summed E-state index contributed by atoms with van der Waals surface area (Å²) in [6.45, 7) is 0. The predicted octanol–water partition coefficient (Wildman–Crippen LogP) is 2.11. The Hall–Kier alpha value is -1.31. The summed E-state index contributed by atoms with van der Waals surface area (Å²) < 4.78 is 12.4. The van der Waals surface area contributed by atoms with Crippen molar-refractivity contribution < 1.29 is 4.39 Å². The maximum Gasteiger partial charge on any atom is 0.200 e. The van der Waals surface area contributed by atoms with Crippen LogP contribution in [0.15, 0.2) is 24.3 Å². The van der Waals surface area contributed by atoms with E-state index in [-0.39, 0.29) is 0 Å². The lowest BCUT2D eigenvalue weighted by Gasteiger charge is -1.82. The third kappa shape index (κ3) is 0.692. The van der Waals surface area contributed by atoms with Gasteiger partial charge in [0.25, 0.3) is 0 Å². The summed E-state index contributed by atoms with van der Waals surface area (Å²) in [6.07, 6.45) is 0. The van der Waals surface area contributed by atoms with Crippen LogP contribution in [-0.4, -0.2) is 4.98 Å². The second kappa shape index (κ2) is 1.84. The van der Waals surface area contributed by atoms with Crippen LogP contribution in [0.4, 0.5) is 4.39 Å². The fraction of sp³-hybridized carbons (Fsp3) is 0. The lowest BCUT2D eigenvalue weighted by Crippen LogP contribution is -1.66. The van der Waals surface area contributed by atoms with Crippen molar-refractivity contribution in [3.05, 3.63) is 36.3 Å². The molecule has 0 aliphatic heterocycles. The van der Waals surface area contributed by atoms with Crippen LogP contribution in [0.5, 0.6) is 0 Å². The molecule has 0 saturated heterocycles. The SMILES string of the molecule is Fc1[c]c2ccccc2[nH]1. The van der Waals surface area contributed by atoms with Crippen molar-refractivity contribution in [2.45, 2.75) is 0 Å². The Morgan fingerprint density at radius 3 is 2.90 bits per heavy atom. The zero-order valence-electron chi connectivity index (χ0n) is 5.19. The number of H-pyrrole nitrogens is 1. The number of aromatic amines is 1. The molecule has 10 heavy (non-hydrogen) atoms. The fourth-order valence-electron chi connectivity index (χ4n) is 0.969. The van der Waals surface area contributed by atoms with Gasteiger partial charge in [0, 0.05) is 17.0 Å². The molecule has 49 valence electrons. The number of hydrogen-bond donors (Lipinski definition) is 1. The van der Waals surface area contributed by atoms with Crippen LogP contribution >= 0.6 is 0 Å². The number of benzene rings is 1. The minimum Gasteiger partial charge on any atom is -0.331 e. The molecule has 1 aromatic carbocycles. The number of hydrogen-bond acceptors (Lipinski definition) is 0. The largest absolute Gasteiger partial charge is 0.331 e. The average Bonchev–Trinajstić information content (AvgIpc) is 2.27. The number of rotatable bonds is 0. The Labute approximate surface area is 57.5 Å². The van der Waals surface area contributed by atoms with Gasteiger partial charge < -0.3 is 4.98 Å². The second-order valence-corrected chi connectivity index (χ2v) is 2.11. The summed E-state index contributed by atoms with van der Waals surface area (Å²) in [5, 5.41) is 0.792. The molecular formula is C8H5FN. The Morgan fingerprint density at radius 2 is 2.10 bits per heavy atom. The van der Waals surface area contributed by atoms with Crippen LogP contribution in [0.2, 0.25) is 0 Å². The summed E-state index contributed by atoms with van der Waals surface area (Å²) in [5.74, 6) is -0.402. The molecule has 2 heteroatoms. The van der Waals surface area contributed by atoms with Crippen molar-refractivity contribution in [2.24, 2.45) is 0 Å². The van der Waals surface area contributed by atoms with Crippen molar-refractivity contribution in [1.82, 2.24) is 4.98 Å². The minimum absolute atomic E-state index is 0.402. The average molecular weight is 134 g/mol. The molecule has 0 saturated carbocycles. The second-order valence-electron chi connectivity index (χ2n) is 2.11. The molecule has 0 amide bonds. The molecule has 0 aliphatic carbocycles. The number of fused-ring (bicyclic) bond motifs is 1. The van der Waals surface area contributed by atoms with Gasteiger partial charge in [-0.3, -0.25) is 0 Å². The standard InChI is InChI=1S/C8H5FN/c9-8-5-6-3-1-2-4-7(6)10-8/h1-4,10H. The Bertz CT molecular complexity index is 318. The van der Waals surface area contributed by atoms with E-state index in [2.05, 4.69) is 11.1 Å².